The largest absolute Gasteiger partial charge is 0.511 e. The quantitative estimate of drug-likeness (QED) is 0.418. The second kappa shape index (κ2) is 7.68. The van der Waals surface area contributed by atoms with Gasteiger partial charge in [0.05, 0.1) is 4.91 Å². The number of Topliss-reactive ketones (excluding diaryl/α,β-unsaturated/α-hetero) is 1. The van der Waals surface area contributed by atoms with E-state index in [1.54, 1.807) is 6.92 Å². The molecule has 0 aliphatic heterocycles. The molecular weight excluding hydrogens is 196 g/mol. The van der Waals surface area contributed by atoms with E-state index in [4.69, 9.17) is 0 Å². The molecule has 0 saturated carbocycles. The SMILES string of the molecule is CCC/C=C/CS/C(C(C)=O)=C(\C)O. The van der Waals surface area contributed by atoms with Gasteiger partial charge in [-0.1, -0.05) is 25.5 Å². The van der Waals surface area contributed by atoms with Crippen LogP contribution >= 0.6 is 11.8 Å². The van der Waals surface area contributed by atoms with Crippen LogP contribution in [0.4, 0.5) is 0 Å². The Bertz CT molecular complexity index is 238. The lowest BCUT2D eigenvalue weighted by atomic mass is 10.3. The monoisotopic (exact) mass is 214 g/mol. The molecule has 0 bridgehead atoms. The van der Waals surface area contributed by atoms with E-state index in [0.29, 0.717) is 4.91 Å². The second-order valence-electron chi connectivity index (χ2n) is 3.04. The first-order chi connectivity index (χ1) is 6.59. The number of carbonyl (C=O) groups excluding carboxylic acids is 1. The van der Waals surface area contributed by atoms with Crippen LogP contribution in [0.5, 0.6) is 0 Å². The third-order valence-electron chi connectivity index (χ3n) is 1.59. The van der Waals surface area contributed by atoms with Gasteiger partial charge < -0.3 is 5.11 Å². The summed E-state index contributed by atoms with van der Waals surface area (Å²) in [6.07, 6.45) is 6.32. The number of unbranched alkanes of at least 4 members (excludes halogenated alkanes) is 1. The van der Waals surface area contributed by atoms with E-state index in [1.165, 1.54) is 18.7 Å². The van der Waals surface area contributed by atoms with Gasteiger partial charge in [0.2, 0.25) is 0 Å². The Balaban J connectivity index is 3.98. The van der Waals surface area contributed by atoms with Gasteiger partial charge in [0, 0.05) is 5.75 Å². The molecule has 0 aromatic carbocycles. The molecule has 0 unspecified atom stereocenters. The number of rotatable bonds is 6. The predicted molar refractivity (Wildman–Crippen MR) is 62.5 cm³/mol. The van der Waals surface area contributed by atoms with Crippen molar-refractivity contribution in [1.82, 2.24) is 0 Å². The van der Waals surface area contributed by atoms with E-state index < -0.39 is 0 Å². The van der Waals surface area contributed by atoms with Crippen LogP contribution in [0.1, 0.15) is 33.6 Å². The molecule has 0 fully saturated rings. The summed E-state index contributed by atoms with van der Waals surface area (Å²) in [4.78, 5) is 11.5. The Hall–Kier alpha value is -0.700. The molecule has 14 heavy (non-hydrogen) atoms. The van der Waals surface area contributed by atoms with Gasteiger partial charge in [-0.25, -0.2) is 0 Å². The minimum Gasteiger partial charge on any atom is -0.511 e. The summed E-state index contributed by atoms with van der Waals surface area (Å²) in [5.41, 5.74) is 0. The maximum atomic E-state index is 11.0. The van der Waals surface area contributed by atoms with Crippen molar-refractivity contribution in [3.05, 3.63) is 22.8 Å². The highest BCUT2D eigenvalue weighted by molar-refractivity contribution is 8.04. The zero-order valence-electron chi connectivity index (χ0n) is 9.04. The van der Waals surface area contributed by atoms with Gasteiger partial charge in [-0.3, -0.25) is 4.79 Å². The van der Waals surface area contributed by atoms with Crippen molar-refractivity contribution in [3.8, 4) is 0 Å². The molecule has 0 aromatic heterocycles. The lowest BCUT2D eigenvalue weighted by molar-refractivity contribution is -0.113. The van der Waals surface area contributed by atoms with E-state index in [0.717, 1.165) is 18.6 Å². The van der Waals surface area contributed by atoms with Crippen molar-refractivity contribution in [2.24, 2.45) is 0 Å². The first kappa shape index (κ1) is 13.3. The van der Waals surface area contributed by atoms with Crippen LogP contribution in [0.15, 0.2) is 22.8 Å². The van der Waals surface area contributed by atoms with Crippen molar-refractivity contribution < 1.29 is 9.90 Å². The number of ketones is 1. The molecular formula is C11H18O2S. The van der Waals surface area contributed by atoms with Gasteiger partial charge in [0.1, 0.15) is 5.76 Å². The standard InChI is InChI=1S/C11H18O2S/c1-4-5-6-7-8-14-11(9(2)12)10(3)13/h6-7,12H,4-5,8H2,1-3H3/b7-6+,11-9+. The molecule has 1 N–H and O–H groups in total. The van der Waals surface area contributed by atoms with E-state index in [9.17, 15) is 9.90 Å². The fraction of sp³-hybridized carbons (Fsp3) is 0.545. The van der Waals surface area contributed by atoms with Crippen LogP contribution < -0.4 is 0 Å². The number of hydrogen-bond donors (Lipinski definition) is 1. The van der Waals surface area contributed by atoms with Crippen LogP contribution in [0.25, 0.3) is 0 Å². The second-order valence-corrected chi connectivity index (χ2v) is 4.07. The molecule has 0 rings (SSSR count). The number of aliphatic hydroxyl groups is 1. The Morgan fingerprint density at radius 1 is 1.36 bits per heavy atom. The average molecular weight is 214 g/mol. The number of carbonyl (C=O) groups is 1. The van der Waals surface area contributed by atoms with Gasteiger partial charge >= 0.3 is 0 Å². The lowest BCUT2D eigenvalue weighted by Crippen LogP contribution is -1.96. The Morgan fingerprint density at radius 3 is 2.43 bits per heavy atom. The third-order valence-corrected chi connectivity index (χ3v) is 2.82. The highest BCUT2D eigenvalue weighted by atomic mass is 32.2. The molecule has 3 heteroatoms. The van der Waals surface area contributed by atoms with Crippen molar-refractivity contribution in [3.63, 3.8) is 0 Å². The van der Waals surface area contributed by atoms with Gasteiger partial charge in [0.25, 0.3) is 0 Å². The van der Waals surface area contributed by atoms with E-state index in [-0.39, 0.29) is 11.5 Å². The molecule has 0 amide bonds. The maximum absolute atomic E-state index is 11.0. The van der Waals surface area contributed by atoms with Crippen molar-refractivity contribution in [2.45, 2.75) is 33.6 Å². The first-order valence-corrected chi connectivity index (χ1v) is 5.76. The highest BCUT2D eigenvalue weighted by Gasteiger charge is 2.06. The topological polar surface area (TPSA) is 37.3 Å². The van der Waals surface area contributed by atoms with E-state index in [2.05, 4.69) is 13.0 Å². The zero-order chi connectivity index (χ0) is 11.0. The zero-order valence-corrected chi connectivity index (χ0v) is 9.86. The summed E-state index contributed by atoms with van der Waals surface area (Å²) in [7, 11) is 0. The summed E-state index contributed by atoms with van der Waals surface area (Å²) >= 11 is 1.38. The van der Waals surface area contributed by atoms with Gasteiger partial charge in [-0.15, -0.1) is 11.8 Å². The van der Waals surface area contributed by atoms with Crippen LogP contribution in [0, 0.1) is 0 Å². The molecule has 0 aliphatic carbocycles. The minimum absolute atomic E-state index is 0.0705. The smallest absolute Gasteiger partial charge is 0.169 e. The van der Waals surface area contributed by atoms with Crippen molar-refractivity contribution in [2.75, 3.05) is 5.75 Å². The van der Waals surface area contributed by atoms with Crippen LogP contribution in [-0.2, 0) is 4.79 Å². The summed E-state index contributed by atoms with van der Waals surface area (Å²) in [5, 5.41) is 9.20. The van der Waals surface area contributed by atoms with Crippen molar-refractivity contribution >= 4 is 17.5 Å². The van der Waals surface area contributed by atoms with Crippen molar-refractivity contribution in [1.29, 1.82) is 0 Å². The number of thioether (sulfide) groups is 1. The van der Waals surface area contributed by atoms with Gasteiger partial charge in [-0.2, -0.15) is 0 Å². The van der Waals surface area contributed by atoms with Gasteiger partial charge in [0.15, 0.2) is 5.78 Å². The fourth-order valence-corrected chi connectivity index (χ4v) is 1.76. The summed E-state index contributed by atoms with van der Waals surface area (Å²) in [5.74, 6) is 0.789. The summed E-state index contributed by atoms with van der Waals surface area (Å²) < 4.78 is 0. The molecule has 0 saturated heterocycles. The van der Waals surface area contributed by atoms with Crippen LogP contribution in [-0.4, -0.2) is 16.6 Å². The predicted octanol–water partition coefficient (Wildman–Crippen LogP) is 3.45. The number of hydrogen-bond acceptors (Lipinski definition) is 3. The molecule has 80 valence electrons. The number of aliphatic hydroxyl groups excluding tert-OH is 1. The number of allylic oxidation sites excluding steroid dienone is 3. The van der Waals surface area contributed by atoms with Gasteiger partial charge in [-0.05, 0) is 20.3 Å². The Labute approximate surface area is 90.1 Å². The molecule has 0 radical (unpaired) electrons. The summed E-state index contributed by atoms with van der Waals surface area (Å²) in [6, 6.07) is 0. The van der Waals surface area contributed by atoms with Crippen LogP contribution in [0.2, 0.25) is 0 Å². The van der Waals surface area contributed by atoms with E-state index >= 15 is 0 Å². The first-order valence-electron chi connectivity index (χ1n) is 4.78. The minimum atomic E-state index is -0.0705. The Morgan fingerprint density at radius 2 is 2.00 bits per heavy atom. The molecule has 0 aromatic rings. The third kappa shape index (κ3) is 5.86. The fourth-order valence-electron chi connectivity index (χ4n) is 0.945. The normalized spacial score (nSPS) is 13.1. The van der Waals surface area contributed by atoms with E-state index in [1.807, 2.05) is 6.08 Å². The lowest BCUT2D eigenvalue weighted by Gasteiger charge is -2.01. The average Bonchev–Trinajstić information content (AvgIpc) is 2.09. The molecule has 0 spiro atoms. The molecule has 0 aliphatic rings. The highest BCUT2D eigenvalue weighted by Crippen LogP contribution is 2.19. The Kier molecular flexibility index (Phi) is 7.30. The molecule has 0 atom stereocenters. The molecule has 2 nitrogen and oxygen atoms in total. The van der Waals surface area contributed by atoms with Crippen LogP contribution in [0.3, 0.4) is 0 Å². The molecule has 0 heterocycles. The maximum Gasteiger partial charge on any atom is 0.169 e. The summed E-state index contributed by atoms with van der Waals surface area (Å²) in [6.45, 7) is 5.13.